The van der Waals surface area contributed by atoms with Gasteiger partial charge in [0.15, 0.2) is 0 Å². The summed E-state index contributed by atoms with van der Waals surface area (Å²) in [5.74, 6) is -2.32. The maximum Gasteiger partial charge on any atom is 0.323 e. The lowest BCUT2D eigenvalue weighted by atomic mass is 10.1. The number of amides is 3. The van der Waals surface area contributed by atoms with Crippen LogP contribution in [-0.4, -0.2) is 46.1 Å². The number of benzene rings is 1. The molecule has 8 heteroatoms. The van der Waals surface area contributed by atoms with Gasteiger partial charge in [-0.3, -0.25) is 24.1 Å². The van der Waals surface area contributed by atoms with Gasteiger partial charge in [0.2, 0.25) is 0 Å². The quantitative estimate of drug-likeness (QED) is 0.608. The largest absolute Gasteiger partial charge is 0.480 e. The molecular formula is C18H18N2O5S. The predicted molar refractivity (Wildman–Crippen MR) is 97.6 cm³/mol. The molecule has 0 spiro atoms. The Balaban J connectivity index is 2.01. The molecule has 0 saturated carbocycles. The second-order valence-electron chi connectivity index (χ2n) is 6.04. The number of unbranched alkanes of at least 4 members (excludes halogenated alkanes) is 2. The van der Waals surface area contributed by atoms with Crippen molar-refractivity contribution in [3.05, 3.63) is 34.7 Å². The van der Waals surface area contributed by atoms with E-state index in [-0.39, 0.29) is 16.4 Å². The number of hydrogen-bond acceptors (Lipinski definition) is 5. The Kier molecular flexibility index (Phi) is 5.13. The highest BCUT2D eigenvalue weighted by molar-refractivity contribution is 8.18. The van der Waals surface area contributed by atoms with Crippen LogP contribution in [0.4, 0.5) is 10.5 Å². The summed E-state index contributed by atoms with van der Waals surface area (Å²) in [7, 11) is 0. The van der Waals surface area contributed by atoms with Crippen LogP contribution in [0.5, 0.6) is 0 Å². The summed E-state index contributed by atoms with van der Waals surface area (Å²) < 4.78 is 0. The topological polar surface area (TPSA) is 95.0 Å². The van der Waals surface area contributed by atoms with Crippen molar-refractivity contribution in [3.8, 4) is 0 Å². The van der Waals surface area contributed by atoms with E-state index in [9.17, 15) is 19.2 Å². The number of aliphatic carboxylic acids is 1. The van der Waals surface area contributed by atoms with Crippen LogP contribution in [0.2, 0.25) is 0 Å². The third-order valence-corrected chi connectivity index (χ3v) is 5.26. The average Bonchev–Trinajstić information content (AvgIpc) is 3.03. The summed E-state index contributed by atoms with van der Waals surface area (Å²) in [5.41, 5.74) is 1.51. The summed E-state index contributed by atoms with van der Waals surface area (Å²) in [6.07, 6.45) is 2.84. The van der Waals surface area contributed by atoms with Crippen LogP contribution in [-0.2, 0) is 14.4 Å². The minimum absolute atomic E-state index is 0.00620. The van der Waals surface area contributed by atoms with Crippen molar-refractivity contribution in [2.24, 2.45) is 0 Å². The summed E-state index contributed by atoms with van der Waals surface area (Å²) in [6.45, 7) is 1.90. The van der Waals surface area contributed by atoms with E-state index in [1.54, 1.807) is 17.0 Å². The fourth-order valence-corrected chi connectivity index (χ4v) is 3.99. The second-order valence-corrected chi connectivity index (χ2v) is 7.00. The third-order valence-electron chi connectivity index (χ3n) is 4.28. The molecule has 0 aromatic heterocycles. The van der Waals surface area contributed by atoms with Crippen molar-refractivity contribution in [2.75, 3.05) is 18.0 Å². The molecule has 3 rings (SSSR count). The van der Waals surface area contributed by atoms with Gasteiger partial charge in [-0.15, -0.1) is 0 Å². The zero-order valence-electron chi connectivity index (χ0n) is 14.2. The minimum Gasteiger partial charge on any atom is -0.480 e. The van der Waals surface area contributed by atoms with Crippen LogP contribution in [0.25, 0.3) is 5.57 Å². The van der Waals surface area contributed by atoms with E-state index in [1.165, 1.54) is 0 Å². The van der Waals surface area contributed by atoms with Crippen LogP contribution >= 0.6 is 11.8 Å². The number of fused-ring (bicyclic) bond motifs is 1. The zero-order chi connectivity index (χ0) is 18.8. The fraction of sp³-hybridized carbons (Fsp3) is 0.333. The van der Waals surface area contributed by atoms with Gasteiger partial charge in [-0.1, -0.05) is 38.0 Å². The molecule has 0 bridgehead atoms. The lowest BCUT2D eigenvalue weighted by molar-refractivity contribution is -0.140. The number of anilines is 1. The normalized spacial score (nSPS) is 19.5. The van der Waals surface area contributed by atoms with E-state index in [4.69, 9.17) is 5.11 Å². The predicted octanol–water partition coefficient (Wildman–Crippen LogP) is 2.71. The summed E-state index contributed by atoms with van der Waals surface area (Å²) >= 11 is 0.625. The number of carboxylic acid groups (broad SMARTS) is 1. The van der Waals surface area contributed by atoms with Crippen molar-refractivity contribution < 1.29 is 24.3 Å². The van der Waals surface area contributed by atoms with Gasteiger partial charge in [0.1, 0.15) is 6.54 Å². The maximum atomic E-state index is 13.0. The van der Waals surface area contributed by atoms with Crippen LogP contribution in [0.15, 0.2) is 29.2 Å². The van der Waals surface area contributed by atoms with Gasteiger partial charge in [0, 0.05) is 12.1 Å². The Labute approximate surface area is 154 Å². The Hall–Kier alpha value is -2.61. The van der Waals surface area contributed by atoms with E-state index < -0.39 is 23.7 Å². The van der Waals surface area contributed by atoms with Gasteiger partial charge in [0.25, 0.3) is 17.1 Å². The molecule has 3 amide bonds. The molecule has 1 saturated heterocycles. The second kappa shape index (κ2) is 7.33. The highest BCUT2D eigenvalue weighted by atomic mass is 32.2. The molecule has 1 aromatic rings. The van der Waals surface area contributed by atoms with Crippen molar-refractivity contribution in [2.45, 2.75) is 26.2 Å². The minimum atomic E-state index is -1.28. The van der Waals surface area contributed by atoms with Crippen LogP contribution in [0.1, 0.15) is 31.7 Å². The van der Waals surface area contributed by atoms with E-state index >= 15 is 0 Å². The molecule has 0 atom stereocenters. The molecule has 0 unspecified atom stereocenters. The standard InChI is InChI=1S/C18H18N2O5S/c1-2-3-6-9-19-12-8-5-4-7-11(12)14(16(19)23)15-17(24)20(10-13(21)22)18(25)26-15/h4-5,7-8H,2-3,6,9-10H2,1H3,(H,21,22)/b15-14-. The monoisotopic (exact) mass is 374 g/mol. The number of nitrogens with zero attached hydrogens (tertiary/aromatic N) is 2. The zero-order valence-corrected chi connectivity index (χ0v) is 15.0. The van der Waals surface area contributed by atoms with E-state index in [2.05, 4.69) is 6.92 Å². The number of imide groups is 1. The molecule has 2 aliphatic rings. The molecule has 1 aromatic carbocycles. The Morgan fingerprint density at radius 2 is 1.81 bits per heavy atom. The number of carboxylic acids is 1. The van der Waals surface area contributed by atoms with Crippen molar-refractivity contribution in [1.82, 2.24) is 4.90 Å². The number of carbonyl (C=O) groups excluding carboxylic acids is 3. The molecule has 2 heterocycles. The van der Waals surface area contributed by atoms with E-state index in [0.29, 0.717) is 34.5 Å². The van der Waals surface area contributed by atoms with Crippen LogP contribution < -0.4 is 4.90 Å². The van der Waals surface area contributed by atoms with Crippen molar-refractivity contribution in [1.29, 1.82) is 0 Å². The average molecular weight is 374 g/mol. The molecule has 1 N–H and O–H groups in total. The molecule has 7 nitrogen and oxygen atoms in total. The Morgan fingerprint density at radius 3 is 2.50 bits per heavy atom. The Morgan fingerprint density at radius 1 is 1.08 bits per heavy atom. The van der Waals surface area contributed by atoms with Crippen molar-refractivity contribution in [3.63, 3.8) is 0 Å². The molecule has 26 heavy (non-hydrogen) atoms. The van der Waals surface area contributed by atoms with E-state index in [0.717, 1.165) is 19.3 Å². The first-order chi connectivity index (χ1) is 12.5. The highest BCUT2D eigenvalue weighted by Gasteiger charge is 2.43. The van der Waals surface area contributed by atoms with E-state index in [1.807, 2.05) is 12.1 Å². The number of thioether (sulfide) groups is 1. The number of carbonyl (C=O) groups is 4. The lowest BCUT2D eigenvalue weighted by Crippen LogP contribution is -2.34. The fourth-order valence-electron chi connectivity index (χ4n) is 3.06. The summed E-state index contributed by atoms with van der Waals surface area (Å²) in [4.78, 5) is 50.8. The van der Waals surface area contributed by atoms with Gasteiger partial charge in [-0.05, 0) is 24.2 Å². The number of hydrogen-bond donors (Lipinski definition) is 1. The molecule has 0 radical (unpaired) electrons. The first kappa shape index (κ1) is 18.2. The first-order valence-corrected chi connectivity index (χ1v) is 9.18. The smallest absolute Gasteiger partial charge is 0.323 e. The lowest BCUT2D eigenvalue weighted by Gasteiger charge is -2.16. The van der Waals surface area contributed by atoms with Gasteiger partial charge in [0.05, 0.1) is 16.2 Å². The Bertz CT molecular complexity index is 833. The summed E-state index contributed by atoms with van der Waals surface area (Å²) in [5, 5.41) is 8.22. The maximum absolute atomic E-state index is 13.0. The van der Waals surface area contributed by atoms with Crippen LogP contribution in [0, 0.1) is 0 Å². The van der Waals surface area contributed by atoms with Gasteiger partial charge >= 0.3 is 5.97 Å². The van der Waals surface area contributed by atoms with Gasteiger partial charge < -0.3 is 10.0 Å². The third kappa shape index (κ3) is 3.12. The van der Waals surface area contributed by atoms with Gasteiger partial charge in [-0.25, -0.2) is 0 Å². The van der Waals surface area contributed by atoms with Gasteiger partial charge in [-0.2, -0.15) is 0 Å². The molecular weight excluding hydrogens is 356 g/mol. The molecule has 0 aliphatic carbocycles. The highest BCUT2D eigenvalue weighted by Crippen LogP contribution is 2.44. The van der Waals surface area contributed by atoms with Crippen LogP contribution in [0.3, 0.4) is 0 Å². The molecule has 136 valence electrons. The molecule has 1 fully saturated rings. The number of para-hydroxylation sites is 1. The number of rotatable bonds is 6. The SMILES string of the molecule is CCCCCN1C(=O)/C(=C2\SC(=O)N(CC(=O)O)C2=O)c2ccccc21. The molecule has 2 aliphatic heterocycles. The first-order valence-electron chi connectivity index (χ1n) is 8.36. The summed E-state index contributed by atoms with van der Waals surface area (Å²) in [6, 6.07) is 7.14. The van der Waals surface area contributed by atoms with Crippen molar-refractivity contribution >= 4 is 46.0 Å².